The van der Waals surface area contributed by atoms with E-state index in [1.807, 2.05) is 13.8 Å². The summed E-state index contributed by atoms with van der Waals surface area (Å²) in [7, 11) is 1.52. The Bertz CT molecular complexity index is 1230. The highest BCUT2D eigenvalue weighted by molar-refractivity contribution is 6.23. The number of hydrogen-bond acceptors (Lipinski definition) is 9. The predicted octanol–water partition coefficient (Wildman–Crippen LogP) is 2.06. The van der Waals surface area contributed by atoms with E-state index in [-0.39, 0.29) is 65.6 Å². The molecule has 204 valence electrons. The minimum atomic E-state index is -1.13. The van der Waals surface area contributed by atoms with Crippen LogP contribution in [-0.4, -0.2) is 68.2 Å². The van der Waals surface area contributed by atoms with Crippen molar-refractivity contribution in [1.29, 1.82) is 0 Å². The van der Waals surface area contributed by atoms with E-state index in [9.17, 15) is 34.2 Å². The molecule has 2 aliphatic carbocycles. The molecule has 2 saturated carbocycles. The highest BCUT2D eigenvalue weighted by atomic mass is 16.5. The van der Waals surface area contributed by atoms with Crippen molar-refractivity contribution in [2.75, 3.05) is 7.11 Å². The number of carboxylic acid groups (broad SMARTS) is 2. The third kappa shape index (κ3) is 5.96. The second-order valence-electron chi connectivity index (χ2n) is 10.0. The van der Waals surface area contributed by atoms with Crippen LogP contribution in [0.1, 0.15) is 68.1 Å². The first kappa shape index (κ1) is 28.6. The van der Waals surface area contributed by atoms with Crippen LogP contribution in [0.25, 0.3) is 0 Å². The standard InChI is InChI=1S/C15H19N3O4.C11H12O5/c1-8(2)15(3)14(21)17-12(18-15)11-10(13(19)20)5-9(6-16-11)7-22-4;12-7-3-6(11(15)16)4-8(13)9(7)10(14)5-1-2-5/h5-6,8H,7H2,1-4H3,(H,19,20)(H,17,18,21);5-6,14H,1-4H2,(H,15,16). The molecule has 4 rings (SSSR count). The summed E-state index contributed by atoms with van der Waals surface area (Å²) in [6.45, 7) is 5.76. The molecule has 12 heteroatoms. The van der Waals surface area contributed by atoms with Gasteiger partial charge in [0.2, 0.25) is 0 Å². The number of ketones is 2. The SMILES string of the molecule is COCc1cnc(C2=NC(C)(C(C)C)C(=O)N2)c(C(=O)O)c1.O=C1CC(C(=O)O)CC(=O)C1=C(O)C1CC1. The zero-order chi connectivity index (χ0) is 28.4. The molecule has 0 aromatic carbocycles. The largest absolute Gasteiger partial charge is 0.511 e. The Balaban J connectivity index is 0.000000221. The molecule has 3 aliphatic rings. The summed E-state index contributed by atoms with van der Waals surface area (Å²) in [5, 5.41) is 30.4. The number of aliphatic hydroxyl groups is 1. The smallest absolute Gasteiger partial charge is 0.338 e. The number of amides is 1. The van der Waals surface area contributed by atoms with E-state index in [2.05, 4.69) is 15.3 Å². The molecule has 0 saturated heterocycles. The molecular weight excluding hydrogens is 498 g/mol. The number of carboxylic acids is 2. The number of methoxy groups -OCH3 is 1. The van der Waals surface area contributed by atoms with Crippen molar-refractivity contribution in [3.8, 4) is 0 Å². The van der Waals surface area contributed by atoms with Gasteiger partial charge in [0.15, 0.2) is 17.4 Å². The molecule has 1 aromatic heterocycles. The lowest BCUT2D eigenvalue weighted by Crippen LogP contribution is -2.41. The van der Waals surface area contributed by atoms with Crippen molar-refractivity contribution >= 4 is 35.2 Å². The first-order valence-corrected chi connectivity index (χ1v) is 12.1. The third-order valence-corrected chi connectivity index (χ3v) is 6.86. The van der Waals surface area contributed by atoms with Gasteiger partial charge in [0.1, 0.15) is 17.0 Å². The second-order valence-corrected chi connectivity index (χ2v) is 10.0. The fourth-order valence-electron chi connectivity index (χ4n) is 4.05. The van der Waals surface area contributed by atoms with Crippen molar-refractivity contribution in [1.82, 2.24) is 10.3 Å². The van der Waals surface area contributed by atoms with E-state index in [1.54, 1.807) is 6.92 Å². The lowest BCUT2D eigenvalue weighted by molar-refractivity contribution is -0.146. The number of pyridine rings is 1. The topological polar surface area (TPSA) is 193 Å². The second kappa shape index (κ2) is 11.2. The lowest BCUT2D eigenvalue weighted by Gasteiger charge is -2.21. The lowest BCUT2D eigenvalue weighted by atomic mass is 9.83. The van der Waals surface area contributed by atoms with Gasteiger partial charge in [-0.1, -0.05) is 13.8 Å². The average Bonchev–Trinajstić information content (AvgIpc) is 3.64. The number of aromatic nitrogens is 1. The Morgan fingerprint density at radius 3 is 2.16 bits per heavy atom. The predicted molar refractivity (Wildman–Crippen MR) is 133 cm³/mol. The Labute approximate surface area is 218 Å². The molecule has 1 unspecified atom stereocenters. The van der Waals surface area contributed by atoms with Gasteiger partial charge in [-0.05, 0) is 37.3 Å². The maximum absolute atomic E-state index is 12.2. The molecule has 4 N–H and O–H groups in total. The summed E-state index contributed by atoms with van der Waals surface area (Å²) in [5.41, 5.74) is -0.287. The molecule has 0 radical (unpaired) electrons. The van der Waals surface area contributed by atoms with Gasteiger partial charge < -0.3 is 25.4 Å². The average molecular weight is 530 g/mol. The van der Waals surface area contributed by atoms with Crippen LogP contribution in [0.2, 0.25) is 0 Å². The fraction of sp³-hybridized carbons (Fsp3) is 0.500. The van der Waals surface area contributed by atoms with Gasteiger partial charge in [-0.15, -0.1) is 0 Å². The number of allylic oxidation sites excluding steroid dienone is 2. The van der Waals surface area contributed by atoms with Crippen LogP contribution in [0.5, 0.6) is 0 Å². The van der Waals surface area contributed by atoms with Crippen LogP contribution in [0.3, 0.4) is 0 Å². The molecule has 1 atom stereocenters. The number of aliphatic imine (C=N–C) groups is 1. The van der Waals surface area contributed by atoms with E-state index in [0.29, 0.717) is 5.56 Å². The van der Waals surface area contributed by atoms with Gasteiger partial charge in [0.05, 0.1) is 23.7 Å². The minimum absolute atomic E-state index is 0.0124. The number of Topliss-reactive ketones (excluding diaryl/α,β-unsaturated/α-hetero) is 2. The van der Waals surface area contributed by atoms with Crippen LogP contribution in [0, 0.1) is 17.8 Å². The van der Waals surface area contributed by atoms with Crippen molar-refractivity contribution < 1.29 is 44.0 Å². The van der Waals surface area contributed by atoms with Gasteiger partial charge in [-0.2, -0.15) is 0 Å². The highest BCUT2D eigenvalue weighted by Gasteiger charge is 2.43. The van der Waals surface area contributed by atoms with Crippen molar-refractivity contribution in [3.05, 3.63) is 40.4 Å². The fourth-order valence-corrected chi connectivity index (χ4v) is 4.05. The summed E-state index contributed by atoms with van der Waals surface area (Å²) in [4.78, 5) is 66.0. The van der Waals surface area contributed by atoms with Gasteiger partial charge in [-0.3, -0.25) is 24.2 Å². The number of aliphatic carboxylic acids is 1. The van der Waals surface area contributed by atoms with Gasteiger partial charge >= 0.3 is 11.9 Å². The molecule has 0 spiro atoms. The Morgan fingerprint density at radius 1 is 1.11 bits per heavy atom. The number of aromatic carboxylic acids is 1. The van der Waals surface area contributed by atoms with E-state index in [0.717, 1.165) is 12.8 Å². The van der Waals surface area contributed by atoms with Crippen LogP contribution in [0.4, 0.5) is 0 Å². The first-order chi connectivity index (χ1) is 17.8. The zero-order valence-electron chi connectivity index (χ0n) is 21.6. The number of carbonyl (C=O) groups excluding carboxylic acids is 3. The van der Waals surface area contributed by atoms with Gasteiger partial charge in [-0.25, -0.2) is 9.79 Å². The molecular formula is C26H31N3O9. The molecule has 1 aromatic rings. The molecule has 12 nitrogen and oxygen atoms in total. The number of carbonyl (C=O) groups is 5. The van der Waals surface area contributed by atoms with E-state index >= 15 is 0 Å². The maximum Gasteiger partial charge on any atom is 0.338 e. The van der Waals surface area contributed by atoms with Gasteiger partial charge in [0, 0.05) is 32.1 Å². The van der Waals surface area contributed by atoms with Crippen LogP contribution >= 0.6 is 0 Å². The van der Waals surface area contributed by atoms with Crippen molar-refractivity contribution in [2.45, 2.75) is 58.6 Å². The van der Waals surface area contributed by atoms with Crippen molar-refractivity contribution in [2.24, 2.45) is 22.7 Å². The molecule has 1 amide bonds. The first-order valence-electron chi connectivity index (χ1n) is 12.1. The molecule has 2 heterocycles. The zero-order valence-corrected chi connectivity index (χ0v) is 21.6. The van der Waals surface area contributed by atoms with E-state index in [1.165, 1.54) is 19.4 Å². The summed E-state index contributed by atoms with van der Waals surface area (Å²) in [6.07, 6.45) is 2.72. The summed E-state index contributed by atoms with van der Waals surface area (Å²) in [5.74, 6) is -4.53. The number of amidine groups is 1. The molecule has 1 aliphatic heterocycles. The quantitative estimate of drug-likeness (QED) is 0.231. The number of aliphatic hydroxyl groups excluding tert-OH is 1. The van der Waals surface area contributed by atoms with Crippen molar-refractivity contribution in [3.63, 3.8) is 0 Å². The van der Waals surface area contributed by atoms with E-state index in [4.69, 9.17) is 9.84 Å². The normalized spacial score (nSPS) is 23.0. The Kier molecular flexibility index (Phi) is 8.45. The Morgan fingerprint density at radius 2 is 1.71 bits per heavy atom. The van der Waals surface area contributed by atoms with Gasteiger partial charge in [0.25, 0.3) is 5.91 Å². The van der Waals surface area contributed by atoms with Crippen LogP contribution < -0.4 is 5.32 Å². The maximum atomic E-state index is 12.2. The Hall–Kier alpha value is -3.93. The molecule has 2 fully saturated rings. The molecule has 38 heavy (non-hydrogen) atoms. The number of ether oxygens (including phenoxy) is 1. The number of nitrogens with zero attached hydrogens (tertiary/aromatic N) is 2. The van der Waals surface area contributed by atoms with Crippen LogP contribution in [-0.2, 0) is 30.5 Å². The van der Waals surface area contributed by atoms with E-state index < -0.39 is 35.0 Å². The van der Waals surface area contributed by atoms with Crippen LogP contribution in [0.15, 0.2) is 28.6 Å². The highest BCUT2D eigenvalue weighted by Crippen LogP contribution is 2.38. The summed E-state index contributed by atoms with van der Waals surface area (Å²) < 4.78 is 4.98. The minimum Gasteiger partial charge on any atom is -0.511 e. The summed E-state index contributed by atoms with van der Waals surface area (Å²) >= 11 is 0. The summed E-state index contributed by atoms with van der Waals surface area (Å²) in [6, 6.07) is 1.48. The molecule has 0 bridgehead atoms. The number of hydrogen-bond donors (Lipinski definition) is 4. The third-order valence-electron chi connectivity index (χ3n) is 6.86. The number of rotatable bonds is 7. The number of nitrogens with one attached hydrogen (secondary N) is 1. The monoisotopic (exact) mass is 529 g/mol.